The van der Waals surface area contributed by atoms with Crippen molar-refractivity contribution >= 4 is 0 Å². The topological polar surface area (TPSA) is 232 Å². The van der Waals surface area contributed by atoms with E-state index in [1.807, 2.05) is 0 Å². The summed E-state index contributed by atoms with van der Waals surface area (Å²) < 4.78 is 0. The summed E-state index contributed by atoms with van der Waals surface area (Å²) in [7, 11) is 0. The molecule has 0 amide bonds. The van der Waals surface area contributed by atoms with Crippen LogP contribution in [0, 0.1) is 46.0 Å². The number of hydrogen-bond acceptors (Lipinski definition) is 9. The molecule has 13 nitrogen and oxygen atoms in total. The number of nitrogens with two attached hydrogens (primary N) is 1. The fourth-order valence-electron chi connectivity index (χ4n) is 0. The Morgan fingerprint density at radius 3 is 0.571 bits per heavy atom. The van der Waals surface area contributed by atoms with E-state index in [1.165, 1.54) is 0 Å². The molecule has 0 spiro atoms. The molecule has 0 aliphatic heterocycles. The maximum atomic E-state index is 8.25. The van der Waals surface area contributed by atoms with Crippen molar-refractivity contribution < 1.29 is 32.3 Å². The minimum absolute atomic E-state index is 0. The minimum Gasteiger partial charge on any atom is -0.693 e. The zero-order valence-electron chi connectivity index (χ0n) is 5.95. The predicted molar refractivity (Wildman–Crippen MR) is 36.4 cm³/mol. The summed E-state index contributed by atoms with van der Waals surface area (Å²) in [6.07, 6.45) is 0. The third-order valence-electron chi connectivity index (χ3n) is 0. The molecule has 0 bridgehead atoms. The first-order valence-corrected chi connectivity index (χ1v) is 1.64. The molecule has 0 aromatic rings. The molecule has 0 atom stereocenters. The predicted octanol–water partition coefficient (Wildman–Crippen LogP) is -0.00270. The maximum Gasteiger partial charge on any atom is 4.00 e. The first-order chi connectivity index (χ1) is 5.20. The van der Waals surface area contributed by atoms with Gasteiger partial charge in [-0.15, -0.1) is 0 Å². The van der Waals surface area contributed by atoms with E-state index in [0.29, 0.717) is 0 Å². The van der Waals surface area contributed by atoms with Gasteiger partial charge in [-0.3, -0.25) is 0 Å². The number of nitrogens with zero attached hydrogens (tertiary/aromatic N) is 3. The SMILES string of the molecule is O=[N+]([O-])[O-].O=[N+]([O-])[O-].O=[N+]([O-])[O-].[Fe+4].[NH2-]. The van der Waals surface area contributed by atoms with Gasteiger partial charge in [0, 0.05) is 0 Å². The van der Waals surface area contributed by atoms with Crippen LogP contribution in [0.15, 0.2) is 0 Å². The monoisotopic (exact) mass is 258 g/mol. The second-order valence-corrected chi connectivity index (χ2v) is 0.671. The van der Waals surface area contributed by atoms with Gasteiger partial charge in [-0.05, 0) is 0 Å². The minimum atomic E-state index is -1.75. The van der Waals surface area contributed by atoms with Gasteiger partial charge in [0.15, 0.2) is 0 Å². The van der Waals surface area contributed by atoms with Crippen molar-refractivity contribution in [2.24, 2.45) is 0 Å². The van der Waals surface area contributed by atoms with Crippen LogP contribution < -0.4 is 0 Å². The third kappa shape index (κ3) is 225. The summed E-state index contributed by atoms with van der Waals surface area (Å²) in [5.41, 5.74) is 0. The summed E-state index contributed by atoms with van der Waals surface area (Å²) in [5.74, 6) is 0. The van der Waals surface area contributed by atoms with E-state index in [4.69, 9.17) is 46.0 Å². The molecular formula is H2FeN4O9. The summed E-state index contributed by atoms with van der Waals surface area (Å²) >= 11 is 0. The van der Waals surface area contributed by atoms with Crippen molar-refractivity contribution in [3.05, 3.63) is 52.1 Å². The Morgan fingerprint density at radius 2 is 0.571 bits per heavy atom. The zero-order chi connectivity index (χ0) is 10.7. The van der Waals surface area contributed by atoms with Crippen LogP contribution in [0.25, 0.3) is 6.15 Å². The zero-order valence-corrected chi connectivity index (χ0v) is 7.05. The van der Waals surface area contributed by atoms with Crippen molar-refractivity contribution in [1.29, 1.82) is 0 Å². The van der Waals surface area contributed by atoms with Gasteiger partial charge in [-0.2, -0.15) is 0 Å². The molecule has 84 valence electrons. The Hall–Kier alpha value is -1.92. The molecule has 0 aliphatic carbocycles. The van der Waals surface area contributed by atoms with Crippen molar-refractivity contribution in [3.8, 4) is 0 Å². The van der Waals surface area contributed by atoms with Gasteiger partial charge in [0.25, 0.3) is 0 Å². The van der Waals surface area contributed by atoms with Crippen LogP contribution in [0.5, 0.6) is 0 Å². The molecule has 0 saturated heterocycles. The fourth-order valence-corrected chi connectivity index (χ4v) is 0. The van der Waals surface area contributed by atoms with Crippen LogP contribution in [0.4, 0.5) is 0 Å². The van der Waals surface area contributed by atoms with Gasteiger partial charge in [0.2, 0.25) is 0 Å². The van der Waals surface area contributed by atoms with Crippen molar-refractivity contribution in [2.75, 3.05) is 0 Å². The van der Waals surface area contributed by atoms with Crippen LogP contribution in [0.1, 0.15) is 0 Å². The Labute approximate surface area is 85.3 Å². The second kappa shape index (κ2) is 22.5. The molecule has 0 heterocycles. The second-order valence-electron chi connectivity index (χ2n) is 0.671. The molecule has 0 fully saturated rings. The van der Waals surface area contributed by atoms with Crippen LogP contribution in [0.2, 0.25) is 0 Å². The van der Waals surface area contributed by atoms with Crippen molar-refractivity contribution in [3.63, 3.8) is 0 Å². The van der Waals surface area contributed by atoms with Gasteiger partial charge in [-0.25, -0.2) is 0 Å². The number of rotatable bonds is 0. The van der Waals surface area contributed by atoms with Crippen molar-refractivity contribution in [2.45, 2.75) is 0 Å². The number of hydrogen-bond donors (Lipinski definition) is 0. The molecule has 14 heavy (non-hydrogen) atoms. The average molecular weight is 258 g/mol. The van der Waals surface area contributed by atoms with Crippen LogP contribution >= 0.6 is 0 Å². The van der Waals surface area contributed by atoms with Gasteiger partial charge in [-0.1, -0.05) is 0 Å². The van der Waals surface area contributed by atoms with Gasteiger partial charge >= 0.3 is 17.1 Å². The molecule has 0 radical (unpaired) electrons. The average Bonchev–Trinajstić information content (AvgIpc) is 1.54. The van der Waals surface area contributed by atoms with E-state index in [1.54, 1.807) is 0 Å². The van der Waals surface area contributed by atoms with Crippen LogP contribution in [-0.2, 0) is 17.1 Å². The molecule has 0 rings (SSSR count). The van der Waals surface area contributed by atoms with E-state index < -0.39 is 15.3 Å². The molecule has 0 aliphatic rings. The normalized spacial score (nSPS) is 5.14. The summed E-state index contributed by atoms with van der Waals surface area (Å²) in [5, 5.41) is 44.2. The third-order valence-corrected chi connectivity index (χ3v) is 0. The van der Waals surface area contributed by atoms with E-state index >= 15 is 0 Å². The Balaban J connectivity index is -0.0000000270. The fraction of sp³-hybridized carbons (Fsp3) is 0. The Bertz CT molecular complexity index is 114. The Kier molecular flexibility index (Phi) is 47.5. The van der Waals surface area contributed by atoms with Gasteiger partial charge < -0.3 is 52.1 Å². The molecule has 14 heteroatoms. The molecule has 0 saturated carbocycles. The largest absolute Gasteiger partial charge is 4.00 e. The van der Waals surface area contributed by atoms with Gasteiger partial charge in [0.1, 0.15) is 0 Å². The molecule has 0 aromatic carbocycles. The molecule has 0 unspecified atom stereocenters. The summed E-state index contributed by atoms with van der Waals surface area (Å²) in [6.45, 7) is 0. The van der Waals surface area contributed by atoms with Crippen LogP contribution in [-0.4, -0.2) is 15.3 Å². The first kappa shape index (κ1) is 29.6. The van der Waals surface area contributed by atoms with E-state index in [2.05, 4.69) is 0 Å². The van der Waals surface area contributed by atoms with E-state index in [0.717, 1.165) is 0 Å². The molecule has 2 N–H and O–H groups in total. The van der Waals surface area contributed by atoms with Gasteiger partial charge in [0.05, 0.1) is 15.3 Å². The molecular weight excluding hydrogens is 256 g/mol. The van der Waals surface area contributed by atoms with E-state index in [-0.39, 0.29) is 23.2 Å². The summed E-state index contributed by atoms with van der Waals surface area (Å²) in [4.78, 5) is 24.8. The quantitative estimate of drug-likeness (QED) is 0.322. The standard InChI is InChI=1S/Fe.3NO3.H2N/c;3*2-1(3)4;/h;;;;1H2/q+4;4*-1. The van der Waals surface area contributed by atoms with Crippen LogP contribution in [0.3, 0.4) is 0 Å². The smallest absolute Gasteiger partial charge is 0.693 e. The van der Waals surface area contributed by atoms with E-state index in [9.17, 15) is 0 Å². The maximum absolute atomic E-state index is 8.25. The first-order valence-electron chi connectivity index (χ1n) is 1.64. The Morgan fingerprint density at radius 1 is 0.571 bits per heavy atom. The molecule has 0 aromatic heterocycles. The summed E-state index contributed by atoms with van der Waals surface area (Å²) in [6, 6.07) is 0. The van der Waals surface area contributed by atoms with Crippen molar-refractivity contribution in [1.82, 2.24) is 0 Å².